The van der Waals surface area contributed by atoms with Gasteiger partial charge in [0.1, 0.15) is 0 Å². The SMILES string of the molecule is CNC(=O)c1ccc(/C=C/C(=O)O[C@@H](C)C(F)(F)F)cc1. The van der Waals surface area contributed by atoms with Crippen LogP contribution in [0.1, 0.15) is 22.8 Å². The third-order valence-electron chi connectivity index (χ3n) is 2.57. The maximum Gasteiger partial charge on any atom is 0.425 e. The van der Waals surface area contributed by atoms with Crippen LogP contribution in [0.15, 0.2) is 30.3 Å². The molecule has 1 amide bonds. The summed E-state index contributed by atoms with van der Waals surface area (Å²) in [7, 11) is 1.49. The van der Waals surface area contributed by atoms with Gasteiger partial charge in [0.2, 0.25) is 0 Å². The lowest BCUT2D eigenvalue weighted by Gasteiger charge is -2.14. The molecule has 0 saturated heterocycles. The molecule has 0 aromatic heterocycles. The molecule has 1 atom stereocenters. The van der Waals surface area contributed by atoms with Crippen molar-refractivity contribution in [2.45, 2.75) is 19.2 Å². The standard InChI is InChI=1S/C14H14F3NO3/c1-9(14(15,16)17)21-12(19)8-5-10-3-6-11(7-4-10)13(20)18-2/h3-9H,1-2H3,(H,18,20)/b8-5+/t9-/m0/s1. The molecule has 0 aliphatic heterocycles. The molecule has 0 bridgehead atoms. The third-order valence-corrected chi connectivity index (χ3v) is 2.57. The van der Waals surface area contributed by atoms with Gasteiger partial charge in [-0.05, 0) is 30.7 Å². The molecule has 0 saturated carbocycles. The predicted molar refractivity (Wildman–Crippen MR) is 70.5 cm³/mol. The van der Waals surface area contributed by atoms with E-state index in [1.54, 1.807) is 12.1 Å². The number of nitrogens with one attached hydrogen (secondary N) is 1. The van der Waals surface area contributed by atoms with Gasteiger partial charge < -0.3 is 10.1 Å². The first-order valence-electron chi connectivity index (χ1n) is 6.01. The van der Waals surface area contributed by atoms with Crippen molar-refractivity contribution in [3.8, 4) is 0 Å². The van der Waals surface area contributed by atoms with Crippen LogP contribution in [0.4, 0.5) is 13.2 Å². The molecule has 0 unspecified atom stereocenters. The highest BCUT2D eigenvalue weighted by Gasteiger charge is 2.38. The first kappa shape index (κ1) is 16.7. The summed E-state index contributed by atoms with van der Waals surface area (Å²) in [4.78, 5) is 22.5. The Morgan fingerprint density at radius 1 is 1.24 bits per heavy atom. The van der Waals surface area contributed by atoms with E-state index >= 15 is 0 Å². The zero-order valence-corrected chi connectivity index (χ0v) is 11.4. The second-order valence-corrected chi connectivity index (χ2v) is 4.16. The van der Waals surface area contributed by atoms with Gasteiger partial charge in [-0.3, -0.25) is 4.79 Å². The van der Waals surface area contributed by atoms with Gasteiger partial charge >= 0.3 is 12.1 Å². The maximum atomic E-state index is 12.2. The van der Waals surface area contributed by atoms with E-state index in [9.17, 15) is 22.8 Å². The van der Waals surface area contributed by atoms with E-state index in [1.165, 1.54) is 25.3 Å². The number of benzene rings is 1. The van der Waals surface area contributed by atoms with E-state index in [2.05, 4.69) is 10.1 Å². The predicted octanol–water partition coefficient (Wildman–Crippen LogP) is 2.55. The Bertz CT molecular complexity index is 535. The molecule has 21 heavy (non-hydrogen) atoms. The summed E-state index contributed by atoms with van der Waals surface area (Å²) < 4.78 is 40.8. The summed E-state index contributed by atoms with van der Waals surface area (Å²) in [6, 6.07) is 6.17. The van der Waals surface area contributed by atoms with Crippen LogP contribution >= 0.6 is 0 Å². The monoisotopic (exact) mass is 301 g/mol. The molecule has 0 heterocycles. The van der Waals surface area contributed by atoms with Gasteiger partial charge in [-0.15, -0.1) is 0 Å². The van der Waals surface area contributed by atoms with E-state index in [-0.39, 0.29) is 5.91 Å². The van der Waals surface area contributed by atoms with Crippen molar-refractivity contribution in [2.24, 2.45) is 0 Å². The van der Waals surface area contributed by atoms with Crippen LogP contribution in [-0.2, 0) is 9.53 Å². The van der Waals surface area contributed by atoms with Gasteiger partial charge in [-0.1, -0.05) is 12.1 Å². The number of rotatable bonds is 4. The quantitative estimate of drug-likeness (QED) is 0.687. The number of amides is 1. The molecule has 0 aliphatic rings. The molecule has 4 nitrogen and oxygen atoms in total. The Labute approximate surface area is 119 Å². The molecular formula is C14H14F3NO3. The summed E-state index contributed by atoms with van der Waals surface area (Å²) in [5, 5.41) is 2.45. The zero-order valence-electron chi connectivity index (χ0n) is 11.4. The number of hydrogen-bond acceptors (Lipinski definition) is 3. The first-order chi connectivity index (χ1) is 9.74. The van der Waals surface area contributed by atoms with Gasteiger partial charge in [-0.25, -0.2) is 4.79 Å². The van der Waals surface area contributed by atoms with Crippen molar-refractivity contribution in [3.05, 3.63) is 41.5 Å². The molecule has 7 heteroatoms. The van der Waals surface area contributed by atoms with E-state index in [0.29, 0.717) is 11.1 Å². The third kappa shape index (κ3) is 5.29. The fraction of sp³-hybridized carbons (Fsp3) is 0.286. The summed E-state index contributed by atoms with van der Waals surface area (Å²) in [6.07, 6.45) is -4.54. The summed E-state index contributed by atoms with van der Waals surface area (Å²) in [5.41, 5.74) is 0.988. The van der Waals surface area contributed by atoms with Crippen molar-refractivity contribution in [2.75, 3.05) is 7.05 Å². The van der Waals surface area contributed by atoms with E-state index in [1.807, 2.05) is 0 Å². The van der Waals surface area contributed by atoms with Crippen LogP contribution < -0.4 is 5.32 Å². The molecule has 1 N–H and O–H groups in total. The highest BCUT2D eigenvalue weighted by atomic mass is 19.4. The van der Waals surface area contributed by atoms with Crippen LogP contribution in [0.2, 0.25) is 0 Å². The molecule has 1 rings (SSSR count). The molecule has 1 aromatic carbocycles. The smallest absolute Gasteiger partial charge is 0.425 e. The Hall–Kier alpha value is -2.31. The topological polar surface area (TPSA) is 55.4 Å². The Balaban J connectivity index is 2.64. The molecule has 1 aromatic rings. The van der Waals surface area contributed by atoms with E-state index < -0.39 is 18.2 Å². The lowest BCUT2D eigenvalue weighted by Crippen LogP contribution is -2.30. The van der Waals surface area contributed by atoms with Crippen molar-refractivity contribution in [3.63, 3.8) is 0 Å². The number of carbonyl (C=O) groups is 2. The lowest BCUT2D eigenvalue weighted by atomic mass is 10.1. The summed E-state index contributed by atoms with van der Waals surface area (Å²) in [6.45, 7) is 0.754. The maximum absolute atomic E-state index is 12.2. The lowest BCUT2D eigenvalue weighted by molar-refractivity contribution is -0.213. The first-order valence-corrected chi connectivity index (χ1v) is 6.01. The minimum Gasteiger partial charge on any atom is -0.450 e. The van der Waals surface area contributed by atoms with Gasteiger partial charge in [0.15, 0.2) is 6.10 Å². The molecule has 0 radical (unpaired) electrons. The van der Waals surface area contributed by atoms with Crippen molar-refractivity contribution in [1.82, 2.24) is 5.32 Å². The van der Waals surface area contributed by atoms with Gasteiger partial charge in [0.25, 0.3) is 5.91 Å². The summed E-state index contributed by atoms with van der Waals surface area (Å²) >= 11 is 0. The number of esters is 1. The van der Waals surface area contributed by atoms with Crippen molar-refractivity contribution >= 4 is 18.0 Å². The fourth-order valence-corrected chi connectivity index (χ4v) is 1.33. The Morgan fingerprint density at radius 3 is 2.29 bits per heavy atom. The van der Waals surface area contributed by atoms with Crippen LogP contribution in [-0.4, -0.2) is 31.2 Å². The van der Waals surface area contributed by atoms with Crippen LogP contribution in [0.3, 0.4) is 0 Å². The highest BCUT2D eigenvalue weighted by molar-refractivity contribution is 5.94. The van der Waals surface area contributed by atoms with E-state index in [0.717, 1.165) is 13.0 Å². The van der Waals surface area contributed by atoms with Crippen LogP contribution in [0.5, 0.6) is 0 Å². The van der Waals surface area contributed by atoms with Crippen molar-refractivity contribution < 1.29 is 27.5 Å². The average Bonchev–Trinajstić information content (AvgIpc) is 2.43. The average molecular weight is 301 g/mol. The number of carbonyl (C=O) groups excluding carboxylic acids is 2. The molecule has 114 valence electrons. The molecule has 0 aliphatic carbocycles. The largest absolute Gasteiger partial charge is 0.450 e. The van der Waals surface area contributed by atoms with Crippen LogP contribution in [0.25, 0.3) is 6.08 Å². The minimum absolute atomic E-state index is 0.260. The molecular weight excluding hydrogens is 287 g/mol. The van der Waals surface area contributed by atoms with E-state index in [4.69, 9.17) is 0 Å². The Morgan fingerprint density at radius 2 is 1.81 bits per heavy atom. The van der Waals surface area contributed by atoms with Gasteiger partial charge in [0.05, 0.1) is 0 Å². The molecule has 0 spiro atoms. The van der Waals surface area contributed by atoms with Gasteiger partial charge in [-0.2, -0.15) is 13.2 Å². The minimum atomic E-state index is -4.58. The van der Waals surface area contributed by atoms with Crippen LogP contribution in [0, 0.1) is 0 Å². The number of halogens is 3. The number of hydrogen-bond donors (Lipinski definition) is 1. The molecule has 0 fully saturated rings. The summed E-state index contributed by atoms with van der Waals surface area (Å²) in [5.74, 6) is -1.35. The zero-order chi connectivity index (χ0) is 16.0. The number of ether oxygens (including phenoxy) is 1. The highest BCUT2D eigenvalue weighted by Crippen LogP contribution is 2.22. The second-order valence-electron chi connectivity index (χ2n) is 4.16. The van der Waals surface area contributed by atoms with Crippen molar-refractivity contribution in [1.29, 1.82) is 0 Å². The van der Waals surface area contributed by atoms with Gasteiger partial charge in [0, 0.05) is 18.7 Å². The number of alkyl halides is 3. The fourth-order valence-electron chi connectivity index (χ4n) is 1.33. The Kier molecular flexibility index (Phi) is 5.52. The normalized spacial score (nSPS) is 13.0. The second kappa shape index (κ2) is 6.92.